The number of H-pyrrole nitrogens is 2. The molecule has 0 aliphatic heterocycles. The average molecular weight is 262 g/mol. The molecule has 19 heavy (non-hydrogen) atoms. The zero-order valence-electron chi connectivity index (χ0n) is 10.2. The number of benzene rings is 1. The summed E-state index contributed by atoms with van der Waals surface area (Å²) in [6, 6.07) is 9.58. The molecular formula is C12H14N4O3. The lowest BCUT2D eigenvalue weighted by molar-refractivity contribution is -0.126. The normalized spacial score (nSPS) is 10.3. The van der Waals surface area contributed by atoms with E-state index in [1.54, 1.807) is 0 Å². The van der Waals surface area contributed by atoms with E-state index in [4.69, 9.17) is 4.74 Å². The molecule has 0 saturated carbocycles. The summed E-state index contributed by atoms with van der Waals surface area (Å²) in [4.78, 5) is 24.6. The van der Waals surface area contributed by atoms with Crippen molar-refractivity contribution >= 4 is 5.91 Å². The van der Waals surface area contributed by atoms with Crippen LogP contribution in [-0.2, 0) is 22.7 Å². The molecule has 1 aromatic heterocycles. The van der Waals surface area contributed by atoms with Crippen LogP contribution in [0.3, 0.4) is 0 Å². The van der Waals surface area contributed by atoms with Gasteiger partial charge in [-0.15, -0.1) is 0 Å². The third kappa shape index (κ3) is 4.40. The van der Waals surface area contributed by atoms with Gasteiger partial charge >= 0.3 is 5.69 Å². The Morgan fingerprint density at radius 3 is 2.79 bits per heavy atom. The third-order valence-electron chi connectivity index (χ3n) is 2.35. The molecule has 100 valence electrons. The zero-order valence-corrected chi connectivity index (χ0v) is 10.2. The van der Waals surface area contributed by atoms with Gasteiger partial charge in [0.2, 0.25) is 5.91 Å². The molecule has 0 spiro atoms. The molecule has 0 aliphatic carbocycles. The lowest BCUT2D eigenvalue weighted by atomic mass is 10.2. The third-order valence-corrected chi connectivity index (χ3v) is 2.35. The van der Waals surface area contributed by atoms with Gasteiger partial charge in [-0.25, -0.2) is 9.89 Å². The monoisotopic (exact) mass is 262 g/mol. The first-order valence-corrected chi connectivity index (χ1v) is 5.76. The van der Waals surface area contributed by atoms with Crippen molar-refractivity contribution < 1.29 is 9.53 Å². The predicted octanol–water partition coefficient (Wildman–Crippen LogP) is -0.0690. The van der Waals surface area contributed by atoms with Crippen LogP contribution in [-0.4, -0.2) is 27.7 Å². The maximum Gasteiger partial charge on any atom is 0.340 e. The summed E-state index contributed by atoms with van der Waals surface area (Å²) >= 11 is 0. The Labute approximate surface area is 109 Å². The van der Waals surface area contributed by atoms with Gasteiger partial charge in [0.1, 0.15) is 12.4 Å². The number of aromatic amines is 2. The van der Waals surface area contributed by atoms with Crippen molar-refractivity contribution in [2.45, 2.75) is 13.2 Å². The van der Waals surface area contributed by atoms with Crippen LogP contribution in [0.4, 0.5) is 0 Å². The summed E-state index contributed by atoms with van der Waals surface area (Å²) < 4.78 is 5.26. The van der Waals surface area contributed by atoms with Gasteiger partial charge < -0.3 is 10.1 Å². The molecule has 3 N–H and O–H groups in total. The van der Waals surface area contributed by atoms with Crippen LogP contribution < -0.4 is 11.0 Å². The highest BCUT2D eigenvalue weighted by molar-refractivity contribution is 5.77. The number of nitrogens with one attached hydrogen (secondary N) is 3. The van der Waals surface area contributed by atoms with Crippen LogP contribution in [0, 0.1) is 0 Å². The van der Waals surface area contributed by atoms with Gasteiger partial charge in [0.15, 0.2) is 0 Å². The maximum absolute atomic E-state index is 11.4. The fraction of sp³-hybridized carbons (Fsp3) is 0.250. The minimum Gasteiger partial charge on any atom is -0.367 e. The van der Waals surface area contributed by atoms with Crippen LogP contribution in [0.5, 0.6) is 0 Å². The van der Waals surface area contributed by atoms with Crippen molar-refractivity contribution in [2.24, 2.45) is 0 Å². The van der Waals surface area contributed by atoms with E-state index in [1.807, 2.05) is 30.3 Å². The Morgan fingerprint density at radius 2 is 2.11 bits per heavy atom. The number of ether oxygens (including phenoxy) is 1. The summed E-state index contributed by atoms with van der Waals surface area (Å²) in [5.74, 6) is 0.112. The van der Waals surface area contributed by atoms with Crippen LogP contribution in [0.25, 0.3) is 0 Å². The molecule has 0 radical (unpaired) electrons. The van der Waals surface area contributed by atoms with Gasteiger partial charge in [0.05, 0.1) is 13.2 Å². The molecule has 0 aliphatic rings. The number of hydrogen-bond acceptors (Lipinski definition) is 4. The van der Waals surface area contributed by atoms with E-state index < -0.39 is 5.69 Å². The standard InChI is InChI=1S/C12H14N4O3/c17-11(13-6-10-14-12(18)16-15-10)8-19-7-9-4-2-1-3-5-9/h1-5H,6-8H2,(H,13,17)(H2,14,15,16,18). The Bertz CT molecular complexity index is 576. The smallest absolute Gasteiger partial charge is 0.340 e. The first-order valence-electron chi connectivity index (χ1n) is 5.76. The van der Waals surface area contributed by atoms with Gasteiger partial charge in [-0.3, -0.25) is 9.78 Å². The predicted molar refractivity (Wildman–Crippen MR) is 67.2 cm³/mol. The van der Waals surface area contributed by atoms with Crippen molar-refractivity contribution in [3.63, 3.8) is 0 Å². The van der Waals surface area contributed by atoms with Crippen molar-refractivity contribution in [3.8, 4) is 0 Å². The number of hydrogen-bond donors (Lipinski definition) is 3. The molecule has 0 atom stereocenters. The van der Waals surface area contributed by atoms with E-state index in [0.29, 0.717) is 12.4 Å². The fourth-order valence-electron chi connectivity index (χ4n) is 1.46. The average Bonchev–Trinajstić information content (AvgIpc) is 2.83. The van der Waals surface area contributed by atoms with Crippen LogP contribution in [0.2, 0.25) is 0 Å². The number of nitrogens with zero attached hydrogens (tertiary/aromatic N) is 1. The van der Waals surface area contributed by atoms with E-state index >= 15 is 0 Å². The Hall–Kier alpha value is -2.41. The van der Waals surface area contributed by atoms with Gasteiger partial charge in [0, 0.05) is 0 Å². The van der Waals surface area contributed by atoms with Crippen LogP contribution in [0.15, 0.2) is 35.1 Å². The minimum atomic E-state index is -0.399. The number of rotatable bonds is 6. The summed E-state index contributed by atoms with van der Waals surface area (Å²) in [6.07, 6.45) is 0. The maximum atomic E-state index is 11.4. The second-order valence-corrected chi connectivity index (χ2v) is 3.88. The minimum absolute atomic E-state index is 0.0381. The second kappa shape index (κ2) is 6.50. The Balaban J connectivity index is 1.66. The van der Waals surface area contributed by atoms with Gasteiger partial charge in [-0.1, -0.05) is 30.3 Å². The topological polar surface area (TPSA) is 99.9 Å². The Morgan fingerprint density at radius 1 is 1.32 bits per heavy atom. The molecule has 2 rings (SSSR count). The molecule has 1 aromatic carbocycles. The highest BCUT2D eigenvalue weighted by atomic mass is 16.5. The van der Waals surface area contributed by atoms with E-state index in [-0.39, 0.29) is 19.1 Å². The quantitative estimate of drug-likeness (QED) is 0.678. The molecule has 0 fully saturated rings. The van der Waals surface area contributed by atoms with Crippen molar-refractivity contribution in [2.75, 3.05) is 6.61 Å². The van der Waals surface area contributed by atoms with E-state index in [9.17, 15) is 9.59 Å². The molecule has 1 amide bonds. The second-order valence-electron chi connectivity index (χ2n) is 3.88. The molecule has 0 unspecified atom stereocenters. The molecule has 7 heteroatoms. The molecule has 0 saturated heterocycles. The van der Waals surface area contributed by atoms with E-state index in [1.165, 1.54) is 0 Å². The summed E-state index contributed by atoms with van der Waals surface area (Å²) in [5, 5.41) is 8.46. The number of amides is 1. The largest absolute Gasteiger partial charge is 0.367 e. The summed E-state index contributed by atoms with van der Waals surface area (Å²) in [6.45, 7) is 0.503. The summed E-state index contributed by atoms with van der Waals surface area (Å²) in [5.41, 5.74) is 0.608. The molecule has 1 heterocycles. The zero-order chi connectivity index (χ0) is 13.5. The molecule has 7 nitrogen and oxygen atoms in total. The van der Waals surface area contributed by atoms with E-state index in [0.717, 1.165) is 5.56 Å². The van der Waals surface area contributed by atoms with Crippen molar-refractivity contribution in [1.82, 2.24) is 20.5 Å². The van der Waals surface area contributed by atoms with Gasteiger partial charge in [-0.05, 0) is 5.56 Å². The Kier molecular flexibility index (Phi) is 4.46. The number of carbonyl (C=O) groups is 1. The number of carbonyl (C=O) groups excluding carboxylic acids is 1. The molecule has 0 bridgehead atoms. The van der Waals surface area contributed by atoms with Crippen LogP contribution >= 0.6 is 0 Å². The number of aromatic nitrogens is 3. The lowest BCUT2D eigenvalue weighted by Gasteiger charge is -2.04. The lowest BCUT2D eigenvalue weighted by Crippen LogP contribution is -2.27. The first-order chi connectivity index (χ1) is 9.24. The summed E-state index contributed by atoms with van der Waals surface area (Å²) in [7, 11) is 0. The SMILES string of the molecule is O=C(COCc1ccccc1)NCc1n[nH]c(=O)[nH]1. The van der Waals surface area contributed by atoms with Crippen molar-refractivity contribution in [3.05, 3.63) is 52.2 Å². The highest BCUT2D eigenvalue weighted by Gasteiger charge is 2.03. The fourth-order valence-corrected chi connectivity index (χ4v) is 1.46. The van der Waals surface area contributed by atoms with Crippen molar-refractivity contribution in [1.29, 1.82) is 0 Å². The highest BCUT2D eigenvalue weighted by Crippen LogP contribution is 1.99. The van der Waals surface area contributed by atoms with E-state index in [2.05, 4.69) is 20.5 Å². The van der Waals surface area contributed by atoms with Crippen LogP contribution in [0.1, 0.15) is 11.4 Å². The first kappa shape index (κ1) is 13.0. The van der Waals surface area contributed by atoms with Gasteiger partial charge in [0.25, 0.3) is 0 Å². The van der Waals surface area contributed by atoms with Gasteiger partial charge in [-0.2, -0.15) is 5.10 Å². The molecule has 2 aromatic rings. The molecular weight excluding hydrogens is 248 g/mol.